The van der Waals surface area contributed by atoms with Crippen molar-refractivity contribution in [2.75, 3.05) is 6.61 Å². The predicted molar refractivity (Wildman–Crippen MR) is 54.6 cm³/mol. The summed E-state index contributed by atoms with van der Waals surface area (Å²) in [5.41, 5.74) is 1.19. The molecule has 1 rings (SSSR count). The highest BCUT2D eigenvalue weighted by atomic mass is 35.5. The number of unbranched alkanes of at least 4 members (excludes halogenated alkanes) is 2. The molecule has 0 saturated heterocycles. The number of halogens is 1. The second-order valence-corrected chi connectivity index (χ2v) is 3.51. The second kappa shape index (κ2) is 6.01. The van der Waals surface area contributed by atoms with Gasteiger partial charge in [0.05, 0.1) is 6.61 Å². The summed E-state index contributed by atoms with van der Waals surface area (Å²) in [6.45, 7) is 0.0442. The maximum Gasteiger partial charge on any atom is 0.0822 e. The monoisotopic (exact) mass is 197 g/mol. The first-order chi connectivity index (χ1) is 6.34. The van der Waals surface area contributed by atoms with Gasteiger partial charge in [-0.1, -0.05) is 36.2 Å². The standard InChI is InChI=1S/C11H14ClO/c12-11-8-4-3-7-10(11)6-2-1-5-9-13/h3-4,7-8H,1-2,5-6,9H2. The van der Waals surface area contributed by atoms with Crippen LogP contribution in [-0.4, -0.2) is 6.61 Å². The Labute approximate surface area is 84.4 Å². The third-order valence-electron chi connectivity index (χ3n) is 2.05. The molecule has 0 bridgehead atoms. The molecule has 0 spiro atoms. The van der Waals surface area contributed by atoms with Crippen LogP contribution in [0.1, 0.15) is 24.8 Å². The molecule has 0 heterocycles. The summed E-state index contributed by atoms with van der Waals surface area (Å²) in [4.78, 5) is 0. The lowest BCUT2D eigenvalue weighted by Gasteiger charge is -2.02. The van der Waals surface area contributed by atoms with E-state index >= 15 is 0 Å². The van der Waals surface area contributed by atoms with Crippen LogP contribution in [0.4, 0.5) is 0 Å². The molecular weight excluding hydrogens is 184 g/mol. The van der Waals surface area contributed by atoms with E-state index in [1.807, 2.05) is 24.3 Å². The van der Waals surface area contributed by atoms with Gasteiger partial charge in [-0.05, 0) is 30.9 Å². The van der Waals surface area contributed by atoms with Crippen molar-refractivity contribution in [2.45, 2.75) is 25.7 Å². The molecule has 0 aliphatic carbocycles. The van der Waals surface area contributed by atoms with Gasteiger partial charge in [-0.25, -0.2) is 5.11 Å². The Kier molecular flexibility index (Phi) is 4.87. The van der Waals surface area contributed by atoms with Crippen LogP contribution >= 0.6 is 11.6 Å². The zero-order valence-electron chi connectivity index (χ0n) is 7.63. The number of rotatable bonds is 5. The SMILES string of the molecule is [O]CCCCCc1ccccc1Cl. The van der Waals surface area contributed by atoms with Crippen LogP contribution in [0.2, 0.25) is 5.02 Å². The Hall–Kier alpha value is -0.530. The topological polar surface area (TPSA) is 19.9 Å². The molecule has 0 saturated carbocycles. The average molecular weight is 198 g/mol. The van der Waals surface area contributed by atoms with Crippen molar-refractivity contribution in [1.29, 1.82) is 0 Å². The van der Waals surface area contributed by atoms with Crippen molar-refractivity contribution in [3.63, 3.8) is 0 Å². The van der Waals surface area contributed by atoms with E-state index in [0.717, 1.165) is 30.7 Å². The van der Waals surface area contributed by atoms with E-state index in [1.54, 1.807) is 0 Å². The van der Waals surface area contributed by atoms with E-state index < -0.39 is 0 Å². The van der Waals surface area contributed by atoms with Gasteiger partial charge in [-0.2, -0.15) is 0 Å². The van der Waals surface area contributed by atoms with Gasteiger partial charge in [0.2, 0.25) is 0 Å². The Morgan fingerprint density at radius 1 is 1.08 bits per heavy atom. The van der Waals surface area contributed by atoms with Crippen LogP contribution in [0, 0.1) is 0 Å². The fourth-order valence-corrected chi connectivity index (χ4v) is 1.53. The van der Waals surface area contributed by atoms with Crippen molar-refractivity contribution in [3.05, 3.63) is 34.9 Å². The molecule has 0 aliphatic rings. The molecule has 0 aliphatic heterocycles. The van der Waals surface area contributed by atoms with Gasteiger partial charge >= 0.3 is 0 Å². The molecule has 0 amide bonds. The lowest BCUT2D eigenvalue weighted by molar-refractivity contribution is 0.186. The molecule has 1 radical (unpaired) electrons. The summed E-state index contributed by atoms with van der Waals surface area (Å²) in [6.07, 6.45) is 3.84. The minimum Gasteiger partial charge on any atom is -0.237 e. The number of hydrogen-bond acceptors (Lipinski definition) is 0. The number of aryl methyl sites for hydroxylation is 1. The maximum atomic E-state index is 10.2. The molecule has 1 aromatic rings. The molecule has 1 aromatic carbocycles. The molecule has 0 aromatic heterocycles. The van der Waals surface area contributed by atoms with Gasteiger partial charge in [-0.3, -0.25) is 0 Å². The van der Waals surface area contributed by atoms with E-state index in [4.69, 9.17) is 11.6 Å². The fraction of sp³-hybridized carbons (Fsp3) is 0.455. The van der Waals surface area contributed by atoms with Crippen molar-refractivity contribution in [2.24, 2.45) is 0 Å². The van der Waals surface area contributed by atoms with Crippen molar-refractivity contribution >= 4 is 11.6 Å². The van der Waals surface area contributed by atoms with E-state index in [9.17, 15) is 5.11 Å². The van der Waals surface area contributed by atoms with Crippen LogP contribution in [0.25, 0.3) is 0 Å². The largest absolute Gasteiger partial charge is 0.237 e. The van der Waals surface area contributed by atoms with Gasteiger partial charge < -0.3 is 0 Å². The van der Waals surface area contributed by atoms with E-state index in [1.165, 1.54) is 5.56 Å². The third kappa shape index (κ3) is 3.79. The molecule has 0 unspecified atom stereocenters. The smallest absolute Gasteiger partial charge is 0.0822 e. The van der Waals surface area contributed by atoms with Crippen LogP contribution in [0.15, 0.2) is 24.3 Å². The first-order valence-corrected chi connectivity index (χ1v) is 5.04. The zero-order chi connectivity index (χ0) is 9.52. The summed E-state index contributed by atoms with van der Waals surface area (Å²) in [5.74, 6) is 0. The summed E-state index contributed by atoms with van der Waals surface area (Å²) in [7, 11) is 0. The van der Waals surface area contributed by atoms with E-state index in [0.29, 0.717) is 0 Å². The Bertz CT molecular complexity index is 248. The Balaban J connectivity index is 2.32. The zero-order valence-corrected chi connectivity index (χ0v) is 8.39. The molecule has 13 heavy (non-hydrogen) atoms. The summed E-state index contributed by atoms with van der Waals surface area (Å²) in [5, 5.41) is 11.0. The van der Waals surface area contributed by atoms with Gasteiger partial charge in [-0.15, -0.1) is 0 Å². The Morgan fingerprint density at radius 3 is 2.54 bits per heavy atom. The quantitative estimate of drug-likeness (QED) is 0.645. The maximum absolute atomic E-state index is 10.2. The molecule has 0 fully saturated rings. The lowest BCUT2D eigenvalue weighted by Crippen LogP contribution is -1.88. The van der Waals surface area contributed by atoms with Crippen molar-refractivity contribution < 1.29 is 5.11 Å². The van der Waals surface area contributed by atoms with Crippen LogP contribution in [-0.2, 0) is 11.5 Å². The molecule has 2 heteroatoms. The normalized spacial score (nSPS) is 10.3. The summed E-state index contributed by atoms with van der Waals surface area (Å²) < 4.78 is 0. The van der Waals surface area contributed by atoms with Gasteiger partial charge in [0.1, 0.15) is 0 Å². The van der Waals surface area contributed by atoms with Crippen molar-refractivity contribution in [3.8, 4) is 0 Å². The summed E-state index contributed by atoms with van der Waals surface area (Å²) >= 11 is 5.98. The minimum atomic E-state index is 0.0442. The first-order valence-electron chi connectivity index (χ1n) is 4.66. The van der Waals surface area contributed by atoms with E-state index in [-0.39, 0.29) is 6.61 Å². The highest BCUT2D eigenvalue weighted by molar-refractivity contribution is 6.31. The minimum absolute atomic E-state index is 0.0442. The van der Waals surface area contributed by atoms with Gasteiger partial charge in [0.25, 0.3) is 0 Å². The highest BCUT2D eigenvalue weighted by Gasteiger charge is 1.97. The first kappa shape index (κ1) is 10.6. The molecule has 71 valence electrons. The fourth-order valence-electron chi connectivity index (χ4n) is 1.30. The van der Waals surface area contributed by atoms with E-state index in [2.05, 4.69) is 0 Å². The predicted octanol–water partition coefficient (Wildman–Crippen LogP) is 3.48. The van der Waals surface area contributed by atoms with Crippen LogP contribution in [0.3, 0.4) is 0 Å². The van der Waals surface area contributed by atoms with Gasteiger partial charge in [0.15, 0.2) is 0 Å². The molecule has 1 nitrogen and oxygen atoms in total. The summed E-state index contributed by atoms with van der Waals surface area (Å²) in [6, 6.07) is 7.88. The molecule has 0 N–H and O–H groups in total. The number of benzene rings is 1. The van der Waals surface area contributed by atoms with Crippen molar-refractivity contribution in [1.82, 2.24) is 0 Å². The van der Waals surface area contributed by atoms with Crippen LogP contribution < -0.4 is 0 Å². The molecule has 0 atom stereocenters. The third-order valence-corrected chi connectivity index (χ3v) is 2.42. The average Bonchev–Trinajstić information content (AvgIpc) is 2.15. The van der Waals surface area contributed by atoms with Gasteiger partial charge in [0, 0.05) is 5.02 Å². The molecular formula is C11H14ClO. The highest BCUT2D eigenvalue weighted by Crippen LogP contribution is 2.17. The van der Waals surface area contributed by atoms with Crippen LogP contribution in [0.5, 0.6) is 0 Å². The number of hydrogen-bond donors (Lipinski definition) is 0. The lowest BCUT2D eigenvalue weighted by atomic mass is 10.1. The Morgan fingerprint density at radius 2 is 1.85 bits per heavy atom. The second-order valence-electron chi connectivity index (χ2n) is 3.11.